The number of carbonyl (C=O) groups is 2. The van der Waals surface area contributed by atoms with Gasteiger partial charge in [-0.3, -0.25) is 9.59 Å². The van der Waals surface area contributed by atoms with Gasteiger partial charge in [-0.1, -0.05) is 42.5 Å². The minimum Gasteiger partial charge on any atom is -0.332 e. The first kappa shape index (κ1) is 27.0. The molecule has 0 spiro atoms. The maximum absolute atomic E-state index is 13.7. The third-order valence-corrected chi connectivity index (χ3v) is 7.80. The van der Waals surface area contributed by atoms with Crippen molar-refractivity contribution in [1.82, 2.24) is 14.7 Å². The van der Waals surface area contributed by atoms with Crippen LogP contribution in [0.2, 0.25) is 0 Å². The molecule has 0 bridgehead atoms. The van der Waals surface area contributed by atoms with E-state index >= 15 is 0 Å². The summed E-state index contributed by atoms with van der Waals surface area (Å²) >= 11 is 1.66. The Balaban J connectivity index is 1.46. The molecule has 2 amide bonds. The molecule has 0 aliphatic carbocycles. The summed E-state index contributed by atoms with van der Waals surface area (Å²) in [7, 11) is 0. The molecule has 196 valence electrons. The number of amides is 2. The largest absolute Gasteiger partial charge is 0.332 e. The maximum atomic E-state index is 13.7. The lowest BCUT2D eigenvalue weighted by atomic mass is 10.1. The lowest BCUT2D eigenvalue weighted by Crippen LogP contribution is -2.45. The van der Waals surface area contributed by atoms with E-state index in [4.69, 9.17) is 0 Å². The van der Waals surface area contributed by atoms with Gasteiger partial charge in [-0.05, 0) is 74.7 Å². The fraction of sp³-hybridized carbons (Fsp3) is 0.400. The number of likely N-dealkylation sites (tertiary alicyclic amines) is 1. The molecule has 1 saturated heterocycles. The third-order valence-electron chi connectivity index (χ3n) is 6.82. The van der Waals surface area contributed by atoms with Crippen molar-refractivity contribution in [3.63, 3.8) is 0 Å². The molecule has 7 heteroatoms. The van der Waals surface area contributed by atoms with Gasteiger partial charge in [0.05, 0.1) is 13.1 Å². The molecule has 4 rings (SSSR count). The Bertz CT molecular complexity index is 1140. The molecule has 37 heavy (non-hydrogen) atoms. The van der Waals surface area contributed by atoms with Crippen LogP contribution in [0.3, 0.4) is 0 Å². The molecule has 2 aromatic carbocycles. The van der Waals surface area contributed by atoms with Crippen LogP contribution < -0.4 is 0 Å². The third kappa shape index (κ3) is 8.51. The second-order valence-electron chi connectivity index (χ2n) is 9.74. The molecule has 0 N–H and O–H groups in total. The smallest absolute Gasteiger partial charge is 0.242 e. The molecule has 1 aliphatic heterocycles. The first-order valence-corrected chi connectivity index (χ1v) is 13.9. The number of hydrogen-bond acceptors (Lipinski definition) is 4. The summed E-state index contributed by atoms with van der Waals surface area (Å²) in [5, 5.41) is 0. The van der Waals surface area contributed by atoms with Crippen LogP contribution >= 0.6 is 11.3 Å². The van der Waals surface area contributed by atoms with Gasteiger partial charge in [0.1, 0.15) is 5.82 Å². The number of halogens is 1. The van der Waals surface area contributed by atoms with E-state index in [0.29, 0.717) is 32.5 Å². The van der Waals surface area contributed by atoms with Crippen molar-refractivity contribution in [3.8, 4) is 0 Å². The normalized spacial score (nSPS) is 13.6. The predicted molar refractivity (Wildman–Crippen MR) is 147 cm³/mol. The van der Waals surface area contributed by atoms with Crippen LogP contribution in [0.15, 0.2) is 66.7 Å². The van der Waals surface area contributed by atoms with Crippen molar-refractivity contribution >= 4 is 23.2 Å². The number of nitrogens with zero attached hydrogens (tertiary/aromatic N) is 3. The maximum Gasteiger partial charge on any atom is 0.242 e. The fourth-order valence-electron chi connectivity index (χ4n) is 4.68. The van der Waals surface area contributed by atoms with Crippen LogP contribution in [0.1, 0.15) is 40.1 Å². The second kappa shape index (κ2) is 13.5. The Kier molecular flexibility index (Phi) is 9.85. The van der Waals surface area contributed by atoms with Gasteiger partial charge in [-0.2, -0.15) is 0 Å². The number of thiophene rings is 1. The van der Waals surface area contributed by atoms with E-state index in [0.717, 1.165) is 35.6 Å². The number of aryl methyl sites for hydroxylation is 2. The Morgan fingerprint density at radius 3 is 2.27 bits per heavy atom. The summed E-state index contributed by atoms with van der Waals surface area (Å²) in [5.41, 5.74) is 1.98. The summed E-state index contributed by atoms with van der Waals surface area (Å²) in [4.78, 5) is 35.2. The van der Waals surface area contributed by atoms with Crippen LogP contribution in [0.4, 0.5) is 4.39 Å². The molecule has 0 unspecified atom stereocenters. The van der Waals surface area contributed by atoms with E-state index in [1.165, 1.54) is 29.9 Å². The van der Waals surface area contributed by atoms with E-state index < -0.39 is 0 Å². The monoisotopic (exact) mass is 521 g/mol. The average molecular weight is 522 g/mol. The van der Waals surface area contributed by atoms with Crippen LogP contribution in [-0.2, 0) is 29.1 Å². The highest BCUT2D eigenvalue weighted by Gasteiger charge is 2.23. The zero-order chi connectivity index (χ0) is 26.0. The molecule has 3 aromatic rings. The Labute approximate surface area is 223 Å². The lowest BCUT2D eigenvalue weighted by molar-refractivity contribution is -0.141. The van der Waals surface area contributed by atoms with Gasteiger partial charge in [-0.15, -0.1) is 11.3 Å². The highest BCUT2D eigenvalue weighted by Crippen LogP contribution is 2.19. The van der Waals surface area contributed by atoms with Crippen LogP contribution in [-0.4, -0.2) is 59.2 Å². The highest BCUT2D eigenvalue weighted by molar-refractivity contribution is 7.11. The van der Waals surface area contributed by atoms with Crippen LogP contribution in [0, 0.1) is 12.7 Å². The molecular formula is C30H36FN3O2S. The molecule has 2 heterocycles. The standard InChI is InChI=1S/C30H36FN3O2S/c1-24-9-15-28(37-24)22-34(21-26-10-13-27(31)14-11-26)30(36)23-33(20-19-32-17-5-6-18-32)29(35)16-12-25-7-3-2-4-8-25/h2-4,7-11,13-15H,5-6,12,16-23H2,1H3. The topological polar surface area (TPSA) is 43.9 Å². The second-order valence-corrected chi connectivity index (χ2v) is 11.1. The first-order valence-electron chi connectivity index (χ1n) is 13.1. The Morgan fingerprint density at radius 2 is 1.59 bits per heavy atom. The molecule has 0 atom stereocenters. The zero-order valence-electron chi connectivity index (χ0n) is 21.6. The highest BCUT2D eigenvalue weighted by atomic mass is 32.1. The first-order chi connectivity index (χ1) is 18.0. The van der Waals surface area contributed by atoms with Crippen LogP contribution in [0.25, 0.3) is 0 Å². The van der Waals surface area contributed by atoms with Gasteiger partial charge in [0.15, 0.2) is 0 Å². The van der Waals surface area contributed by atoms with Crippen molar-refractivity contribution in [1.29, 1.82) is 0 Å². The van der Waals surface area contributed by atoms with Gasteiger partial charge < -0.3 is 14.7 Å². The summed E-state index contributed by atoms with van der Waals surface area (Å²) in [6.07, 6.45) is 3.40. The molecular weight excluding hydrogens is 485 g/mol. The van der Waals surface area contributed by atoms with Crippen LogP contribution in [0.5, 0.6) is 0 Å². The van der Waals surface area contributed by atoms with E-state index in [-0.39, 0.29) is 24.2 Å². The number of hydrogen-bond donors (Lipinski definition) is 0. The molecule has 1 aliphatic rings. The van der Waals surface area contributed by atoms with Gasteiger partial charge in [0.2, 0.25) is 11.8 Å². The van der Waals surface area contributed by atoms with E-state index in [1.54, 1.807) is 33.3 Å². The summed E-state index contributed by atoms with van der Waals surface area (Å²) in [6.45, 7) is 6.36. The van der Waals surface area contributed by atoms with E-state index in [2.05, 4.69) is 11.0 Å². The number of benzene rings is 2. The van der Waals surface area contributed by atoms with Gasteiger partial charge in [0.25, 0.3) is 0 Å². The molecule has 0 saturated carbocycles. The summed E-state index contributed by atoms with van der Waals surface area (Å²) < 4.78 is 13.5. The number of carbonyl (C=O) groups excluding carboxylic acids is 2. The SMILES string of the molecule is Cc1ccc(CN(Cc2ccc(F)cc2)C(=O)CN(CCN2CCCC2)C(=O)CCc2ccccc2)s1. The summed E-state index contributed by atoms with van der Waals surface area (Å²) in [6, 6.07) is 20.3. The Hall–Kier alpha value is -3.03. The van der Waals surface area contributed by atoms with Crippen molar-refractivity contribution in [2.45, 2.75) is 45.7 Å². The Morgan fingerprint density at radius 1 is 0.865 bits per heavy atom. The predicted octanol–water partition coefficient (Wildman–Crippen LogP) is 5.28. The quantitative estimate of drug-likeness (QED) is 0.326. The molecule has 1 aromatic heterocycles. The zero-order valence-corrected chi connectivity index (χ0v) is 22.4. The molecule has 0 radical (unpaired) electrons. The average Bonchev–Trinajstić information content (AvgIpc) is 3.58. The van der Waals surface area contributed by atoms with Crippen molar-refractivity contribution in [2.75, 3.05) is 32.7 Å². The van der Waals surface area contributed by atoms with Gasteiger partial charge in [-0.25, -0.2) is 4.39 Å². The minimum atomic E-state index is -0.299. The van der Waals surface area contributed by atoms with E-state index in [9.17, 15) is 14.0 Å². The van der Waals surface area contributed by atoms with Gasteiger partial charge in [0, 0.05) is 35.8 Å². The van der Waals surface area contributed by atoms with Crippen molar-refractivity contribution < 1.29 is 14.0 Å². The minimum absolute atomic E-state index is 0.00472. The van der Waals surface area contributed by atoms with Crippen molar-refractivity contribution in [2.24, 2.45) is 0 Å². The molecule has 1 fully saturated rings. The van der Waals surface area contributed by atoms with E-state index in [1.807, 2.05) is 43.3 Å². The fourth-order valence-corrected chi connectivity index (χ4v) is 5.58. The number of rotatable bonds is 12. The van der Waals surface area contributed by atoms with Crippen molar-refractivity contribution in [3.05, 3.63) is 93.4 Å². The lowest BCUT2D eigenvalue weighted by Gasteiger charge is -2.29. The van der Waals surface area contributed by atoms with Gasteiger partial charge >= 0.3 is 0 Å². The summed E-state index contributed by atoms with van der Waals surface area (Å²) in [5.74, 6) is -0.387. The molecule has 5 nitrogen and oxygen atoms in total.